The molecular formula is C14H23N3O2S. The van der Waals surface area contributed by atoms with Crippen molar-refractivity contribution < 1.29 is 8.42 Å². The maximum Gasteiger partial charge on any atom is 0.260 e. The molecule has 0 spiro atoms. The van der Waals surface area contributed by atoms with Gasteiger partial charge in [0.05, 0.1) is 0 Å². The standard InChI is InChI=1S/C14H23N3O2S/c1-17(11-12-5-3-2-4-6-12)20(18,19)14-8-7-13(9-15)10-16-14/h7-8,10,12H,2-6,9,11,15H2,1H3. The van der Waals surface area contributed by atoms with Crippen LogP contribution in [0.5, 0.6) is 0 Å². The molecule has 1 heterocycles. The zero-order chi connectivity index (χ0) is 14.6. The van der Waals surface area contributed by atoms with Crippen molar-refractivity contribution in [3.63, 3.8) is 0 Å². The van der Waals surface area contributed by atoms with Gasteiger partial charge in [0, 0.05) is 26.3 Å². The molecule has 0 radical (unpaired) electrons. The van der Waals surface area contributed by atoms with Gasteiger partial charge in [-0.05, 0) is 30.4 Å². The molecule has 0 saturated heterocycles. The number of rotatable bonds is 5. The maximum absolute atomic E-state index is 12.4. The van der Waals surface area contributed by atoms with Crippen LogP contribution in [-0.2, 0) is 16.6 Å². The van der Waals surface area contributed by atoms with Crippen LogP contribution in [0, 0.1) is 5.92 Å². The third-order valence-corrected chi connectivity index (χ3v) is 5.69. The van der Waals surface area contributed by atoms with Gasteiger partial charge in [-0.3, -0.25) is 0 Å². The number of nitrogens with two attached hydrogens (primary N) is 1. The summed E-state index contributed by atoms with van der Waals surface area (Å²) in [5.41, 5.74) is 6.32. The van der Waals surface area contributed by atoms with E-state index in [4.69, 9.17) is 5.73 Å². The first-order valence-corrected chi connectivity index (χ1v) is 8.59. The van der Waals surface area contributed by atoms with Crippen molar-refractivity contribution in [2.75, 3.05) is 13.6 Å². The molecule has 0 bridgehead atoms. The summed E-state index contributed by atoms with van der Waals surface area (Å²) in [6, 6.07) is 3.25. The van der Waals surface area contributed by atoms with Crippen molar-refractivity contribution in [2.45, 2.75) is 43.7 Å². The number of aromatic nitrogens is 1. The Hall–Kier alpha value is -0.980. The van der Waals surface area contributed by atoms with E-state index in [0.717, 1.165) is 18.4 Å². The molecule has 2 rings (SSSR count). The molecule has 0 aromatic carbocycles. The van der Waals surface area contributed by atoms with E-state index in [1.54, 1.807) is 13.1 Å². The van der Waals surface area contributed by atoms with Gasteiger partial charge in [-0.1, -0.05) is 25.3 Å². The van der Waals surface area contributed by atoms with E-state index in [2.05, 4.69) is 4.98 Å². The molecule has 1 aliphatic rings. The Labute approximate surface area is 121 Å². The third-order valence-electron chi connectivity index (χ3n) is 3.95. The Morgan fingerprint density at radius 2 is 2.00 bits per heavy atom. The third kappa shape index (κ3) is 3.56. The van der Waals surface area contributed by atoms with Gasteiger partial charge >= 0.3 is 0 Å². The molecule has 112 valence electrons. The smallest absolute Gasteiger partial charge is 0.260 e. The SMILES string of the molecule is CN(CC1CCCCC1)S(=O)(=O)c1ccc(CN)cn1. The first-order valence-electron chi connectivity index (χ1n) is 7.15. The molecule has 2 N–H and O–H groups in total. The molecule has 5 nitrogen and oxygen atoms in total. The normalized spacial score (nSPS) is 17.6. The van der Waals surface area contributed by atoms with Gasteiger partial charge in [0.2, 0.25) is 0 Å². The Bertz CT molecular complexity index is 522. The number of hydrogen-bond acceptors (Lipinski definition) is 4. The molecule has 1 aromatic rings. The zero-order valence-electron chi connectivity index (χ0n) is 12.0. The van der Waals surface area contributed by atoms with Gasteiger partial charge in [0.25, 0.3) is 10.0 Å². The molecule has 1 fully saturated rings. The van der Waals surface area contributed by atoms with Crippen molar-refractivity contribution in [1.82, 2.24) is 9.29 Å². The fourth-order valence-electron chi connectivity index (χ4n) is 2.68. The lowest BCUT2D eigenvalue weighted by atomic mass is 9.89. The predicted octanol–water partition coefficient (Wildman–Crippen LogP) is 1.74. The van der Waals surface area contributed by atoms with Crippen LogP contribution < -0.4 is 5.73 Å². The van der Waals surface area contributed by atoms with Crippen molar-refractivity contribution >= 4 is 10.0 Å². The average Bonchev–Trinajstić information content (AvgIpc) is 2.48. The fraction of sp³-hybridized carbons (Fsp3) is 0.643. The summed E-state index contributed by atoms with van der Waals surface area (Å²) in [6.07, 6.45) is 7.47. The van der Waals surface area contributed by atoms with Gasteiger partial charge in [0.15, 0.2) is 5.03 Å². The van der Waals surface area contributed by atoms with Gasteiger partial charge in [-0.25, -0.2) is 13.4 Å². The second-order valence-corrected chi connectivity index (χ2v) is 7.49. The van der Waals surface area contributed by atoms with E-state index in [0.29, 0.717) is 19.0 Å². The summed E-state index contributed by atoms with van der Waals surface area (Å²) >= 11 is 0. The largest absolute Gasteiger partial charge is 0.326 e. The number of pyridine rings is 1. The van der Waals surface area contributed by atoms with Crippen LogP contribution >= 0.6 is 0 Å². The summed E-state index contributed by atoms with van der Waals surface area (Å²) in [4.78, 5) is 4.03. The van der Waals surface area contributed by atoms with E-state index in [1.165, 1.54) is 35.8 Å². The first kappa shape index (κ1) is 15.4. The highest BCUT2D eigenvalue weighted by Gasteiger charge is 2.25. The van der Waals surface area contributed by atoms with Crippen LogP contribution in [-0.4, -0.2) is 31.3 Å². The van der Waals surface area contributed by atoms with Gasteiger partial charge in [0.1, 0.15) is 0 Å². The summed E-state index contributed by atoms with van der Waals surface area (Å²) in [5.74, 6) is 0.479. The summed E-state index contributed by atoms with van der Waals surface area (Å²) < 4.78 is 26.3. The van der Waals surface area contributed by atoms with Crippen LogP contribution in [0.1, 0.15) is 37.7 Å². The quantitative estimate of drug-likeness (QED) is 0.898. The average molecular weight is 297 g/mol. The summed E-state index contributed by atoms with van der Waals surface area (Å²) in [6.45, 7) is 0.952. The van der Waals surface area contributed by atoms with Crippen LogP contribution in [0.3, 0.4) is 0 Å². The van der Waals surface area contributed by atoms with E-state index >= 15 is 0 Å². The minimum Gasteiger partial charge on any atom is -0.326 e. The lowest BCUT2D eigenvalue weighted by Gasteiger charge is -2.26. The Morgan fingerprint density at radius 1 is 1.30 bits per heavy atom. The van der Waals surface area contributed by atoms with Gasteiger partial charge in [-0.15, -0.1) is 0 Å². The van der Waals surface area contributed by atoms with E-state index in [9.17, 15) is 8.42 Å². The minimum absolute atomic E-state index is 0.105. The Morgan fingerprint density at radius 3 is 2.55 bits per heavy atom. The van der Waals surface area contributed by atoms with E-state index in [1.807, 2.05) is 0 Å². The number of nitrogens with zero attached hydrogens (tertiary/aromatic N) is 2. The van der Waals surface area contributed by atoms with Crippen LogP contribution in [0.25, 0.3) is 0 Å². The molecule has 1 aromatic heterocycles. The Balaban J connectivity index is 2.07. The van der Waals surface area contributed by atoms with Crippen molar-refractivity contribution in [3.05, 3.63) is 23.9 Å². The molecule has 0 unspecified atom stereocenters. The monoisotopic (exact) mass is 297 g/mol. The highest BCUT2D eigenvalue weighted by Crippen LogP contribution is 2.25. The fourth-order valence-corrected chi connectivity index (χ4v) is 3.83. The predicted molar refractivity (Wildman–Crippen MR) is 78.5 cm³/mol. The lowest BCUT2D eigenvalue weighted by molar-refractivity contribution is 0.299. The number of sulfonamides is 1. The minimum atomic E-state index is -3.48. The molecule has 0 amide bonds. The molecular weight excluding hydrogens is 274 g/mol. The highest BCUT2D eigenvalue weighted by atomic mass is 32.2. The van der Waals surface area contributed by atoms with Crippen molar-refractivity contribution in [1.29, 1.82) is 0 Å². The van der Waals surface area contributed by atoms with Crippen LogP contribution in [0.4, 0.5) is 0 Å². The second-order valence-electron chi connectivity index (χ2n) is 5.50. The van der Waals surface area contributed by atoms with Crippen molar-refractivity contribution in [3.8, 4) is 0 Å². The van der Waals surface area contributed by atoms with Crippen LogP contribution in [0.15, 0.2) is 23.4 Å². The van der Waals surface area contributed by atoms with Crippen LogP contribution in [0.2, 0.25) is 0 Å². The lowest BCUT2D eigenvalue weighted by Crippen LogP contribution is -2.33. The highest BCUT2D eigenvalue weighted by molar-refractivity contribution is 7.89. The number of hydrogen-bond donors (Lipinski definition) is 1. The molecule has 6 heteroatoms. The van der Waals surface area contributed by atoms with E-state index < -0.39 is 10.0 Å². The Kier molecular flexibility index (Phi) is 5.12. The molecule has 20 heavy (non-hydrogen) atoms. The zero-order valence-corrected chi connectivity index (χ0v) is 12.8. The molecule has 1 aliphatic carbocycles. The van der Waals surface area contributed by atoms with E-state index in [-0.39, 0.29) is 5.03 Å². The summed E-state index contributed by atoms with van der Waals surface area (Å²) in [7, 11) is -1.84. The maximum atomic E-state index is 12.4. The summed E-state index contributed by atoms with van der Waals surface area (Å²) in [5, 5.41) is 0.105. The molecule has 0 atom stereocenters. The second kappa shape index (κ2) is 6.65. The van der Waals surface area contributed by atoms with Crippen molar-refractivity contribution in [2.24, 2.45) is 11.7 Å². The molecule has 0 aliphatic heterocycles. The van der Waals surface area contributed by atoms with Gasteiger partial charge < -0.3 is 5.73 Å². The first-order chi connectivity index (χ1) is 9.54. The molecule has 1 saturated carbocycles. The van der Waals surface area contributed by atoms with Gasteiger partial charge in [-0.2, -0.15) is 4.31 Å². The topological polar surface area (TPSA) is 76.3 Å².